The van der Waals surface area contributed by atoms with Gasteiger partial charge in [-0.3, -0.25) is 0 Å². The van der Waals surface area contributed by atoms with Crippen LogP contribution in [-0.4, -0.2) is 14.1 Å². The van der Waals surface area contributed by atoms with Crippen molar-refractivity contribution in [2.75, 3.05) is 19.4 Å². The van der Waals surface area contributed by atoms with E-state index >= 15 is 0 Å². The highest BCUT2D eigenvalue weighted by molar-refractivity contribution is 5.52. The summed E-state index contributed by atoms with van der Waals surface area (Å²) in [7, 11) is 3.91. The van der Waals surface area contributed by atoms with Crippen LogP contribution in [0.1, 0.15) is 11.1 Å². The van der Waals surface area contributed by atoms with E-state index in [9.17, 15) is 0 Å². The van der Waals surface area contributed by atoms with Crippen molar-refractivity contribution in [1.29, 1.82) is 0 Å². The molecule has 0 saturated heterocycles. The summed E-state index contributed by atoms with van der Waals surface area (Å²) in [5, 5.41) is 6.32. The van der Waals surface area contributed by atoms with Gasteiger partial charge in [-0.05, 0) is 31.2 Å². The van der Waals surface area contributed by atoms with E-state index < -0.39 is 0 Å². The first-order valence-corrected chi connectivity index (χ1v) is 4.20. The maximum absolute atomic E-state index is 3.18. The Hall–Kier alpha value is -1.02. The third-order valence-electron chi connectivity index (χ3n) is 1.90. The fraction of sp³-hybridized carbons (Fsp3) is 0.400. The summed E-state index contributed by atoms with van der Waals surface area (Å²) >= 11 is 0. The third-order valence-corrected chi connectivity index (χ3v) is 1.90. The summed E-state index contributed by atoms with van der Waals surface area (Å²) < 4.78 is 0. The van der Waals surface area contributed by atoms with Crippen LogP contribution >= 0.6 is 0 Å². The normalized spacial score (nSPS) is 9.92. The van der Waals surface area contributed by atoms with Gasteiger partial charge in [0.05, 0.1) is 0 Å². The topological polar surface area (TPSA) is 24.1 Å². The Morgan fingerprint density at radius 3 is 2.58 bits per heavy atom. The van der Waals surface area contributed by atoms with Gasteiger partial charge in [-0.2, -0.15) is 0 Å². The Balaban J connectivity index is 2.94. The van der Waals surface area contributed by atoms with Gasteiger partial charge in [0.25, 0.3) is 0 Å². The van der Waals surface area contributed by atoms with Crippen LogP contribution in [0.2, 0.25) is 0 Å². The molecule has 0 aliphatic rings. The first kappa shape index (κ1) is 9.07. The molecule has 0 aliphatic heterocycles. The second-order valence-electron chi connectivity index (χ2n) is 2.94. The van der Waals surface area contributed by atoms with Crippen molar-refractivity contribution in [3.05, 3.63) is 29.3 Å². The molecule has 0 bridgehead atoms. The predicted molar refractivity (Wildman–Crippen MR) is 53.5 cm³/mol. The number of benzene rings is 1. The smallest absolute Gasteiger partial charge is 0.0385 e. The van der Waals surface area contributed by atoms with Gasteiger partial charge in [-0.25, -0.2) is 0 Å². The molecule has 12 heavy (non-hydrogen) atoms. The average molecular weight is 164 g/mol. The SMILES string of the molecule is CNCc1ccc(C)cc1NC. The van der Waals surface area contributed by atoms with E-state index in [-0.39, 0.29) is 0 Å². The van der Waals surface area contributed by atoms with E-state index in [1.165, 1.54) is 16.8 Å². The number of hydrogen-bond donors (Lipinski definition) is 2. The summed E-state index contributed by atoms with van der Waals surface area (Å²) in [6, 6.07) is 6.44. The van der Waals surface area contributed by atoms with Crippen molar-refractivity contribution in [2.24, 2.45) is 0 Å². The number of nitrogens with one attached hydrogen (secondary N) is 2. The van der Waals surface area contributed by atoms with Crippen molar-refractivity contribution in [3.8, 4) is 0 Å². The Morgan fingerprint density at radius 1 is 1.25 bits per heavy atom. The molecule has 0 heterocycles. The van der Waals surface area contributed by atoms with Crippen molar-refractivity contribution in [2.45, 2.75) is 13.5 Å². The molecule has 0 aliphatic carbocycles. The van der Waals surface area contributed by atoms with E-state index in [4.69, 9.17) is 0 Å². The highest BCUT2D eigenvalue weighted by Crippen LogP contribution is 2.16. The fourth-order valence-electron chi connectivity index (χ4n) is 1.27. The predicted octanol–water partition coefficient (Wildman–Crippen LogP) is 1.76. The molecule has 0 atom stereocenters. The Bertz CT molecular complexity index is 256. The first-order valence-electron chi connectivity index (χ1n) is 4.20. The first-order chi connectivity index (χ1) is 5.77. The summed E-state index contributed by atoms with van der Waals surface area (Å²) in [5.41, 5.74) is 3.81. The van der Waals surface area contributed by atoms with Gasteiger partial charge in [0, 0.05) is 19.3 Å². The van der Waals surface area contributed by atoms with Crippen molar-refractivity contribution in [1.82, 2.24) is 5.32 Å². The van der Waals surface area contributed by atoms with Crippen molar-refractivity contribution in [3.63, 3.8) is 0 Å². The molecule has 1 rings (SSSR count). The summed E-state index contributed by atoms with van der Waals surface area (Å²) in [6.07, 6.45) is 0. The molecule has 0 spiro atoms. The molecule has 2 heteroatoms. The van der Waals surface area contributed by atoms with Crippen LogP contribution in [0.3, 0.4) is 0 Å². The van der Waals surface area contributed by atoms with E-state index in [0.29, 0.717) is 0 Å². The molecule has 1 aromatic carbocycles. The van der Waals surface area contributed by atoms with Crippen molar-refractivity contribution >= 4 is 5.69 Å². The molecule has 0 radical (unpaired) electrons. The monoisotopic (exact) mass is 164 g/mol. The van der Waals surface area contributed by atoms with Gasteiger partial charge >= 0.3 is 0 Å². The highest BCUT2D eigenvalue weighted by atomic mass is 14.9. The van der Waals surface area contributed by atoms with Crippen LogP contribution < -0.4 is 10.6 Å². The second-order valence-corrected chi connectivity index (χ2v) is 2.94. The fourth-order valence-corrected chi connectivity index (χ4v) is 1.27. The molecule has 0 fully saturated rings. The maximum atomic E-state index is 3.18. The lowest BCUT2D eigenvalue weighted by Crippen LogP contribution is -2.07. The second kappa shape index (κ2) is 4.12. The zero-order valence-electron chi connectivity index (χ0n) is 7.94. The Kier molecular flexibility index (Phi) is 3.11. The third kappa shape index (κ3) is 1.98. The number of rotatable bonds is 3. The van der Waals surface area contributed by atoms with E-state index in [2.05, 4.69) is 35.8 Å². The minimum Gasteiger partial charge on any atom is -0.388 e. The van der Waals surface area contributed by atoms with Crippen LogP contribution in [-0.2, 0) is 6.54 Å². The number of anilines is 1. The summed E-state index contributed by atoms with van der Waals surface area (Å²) in [6.45, 7) is 3.01. The molecular weight excluding hydrogens is 148 g/mol. The zero-order valence-corrected chi connectivity index (χ0v) is 7.94. The van der Waals surface area contributed by atoms with Crippen LogP contribution in [0.4, 0.5) is 5.69 Å². The molecule has 2 nitrogen and oxygen atoms in total. The van der Waals surface area contributed by atoms with Gasteiger partial charge in [-0.1, -0.05) is 12.1 Å². The zero-order chi connectivity index (χ0) is 8.97. The molecule has 0 aromatic heterocycles. The molecule has 0 unspecified atom stereocenters. The summed E-state index contributed by atoms with van der Waals surface area (Å²) in [4.78, 5) is 0. The Labute approximate surface area is 74.0 Å². The van der Waals surface area contributed by atoms with Crippen LogP contribution in [0.15, 0.2) is 18.2 Å². The Morgan fingerprint density at radius 2 is 2.00 bits per heavy atom. The molecule has 66 valence electrons. The van der Waals surface area contributed by atoms with Gasteiger partial charge in [0.2, 0.25) is 0 Å². The minimum absolute atomic E-state index is 0.913. The molecule has 2 N–H and O–H groups in total. The molecular formula is C10H16N2. The van der Waals surface area contributed by atoms with Gasteiger partial charge in [0.15, 0.2) is 0 Å². The quantitative estimate of drug-likeness (QED) is 0.711. The lowest BCUT2D eigenvalue weighted by molar-refractivity contribution is 0.819. The molecule has 1 aromatic rings. The van der Waals surface area contributed by atoms with Gasteiger partial charge in [-0.15, -0.1) is 0 Å². The number of aryl methyl sites for hydroxylation is 1. The maximum Gasteiger partial charge on any atom is 0.0385 e. The van der Waals surface area contributed by atoms with Crippen LogP contribution in [0.25, 0.3) is 0 Å². The lowest BCUT2D eigenvalue weighted by Gasteiger charge is -2.09. The van der Waals surface area contributed by atoms with E-state index in [1.54, 1.807) is 0 Å². The van der Waals surface area contributed by atoms with Crippen LogP contribution in [0.5, 0.6) is 0 Å². The molecule has 0 amide bonds. The summed E-state index contributed by atoms with van der Waals surface area (Å²) in [5.74, 6) is 0. The van der Waals surface area contributed by atoms with Crippen LogP contribution in [0, 0.1) is 6.92 Å². The minimum atomic E-state index is 0.913. The van der Waals surface area contributed by atoms with Gasteiger partial charge in [0.1, 0.15) is 0 Å². The van der Waals surface area contributed by atoms with E-state index in [0.717, 1.165) is 6.54 Å². The number of hydrogen-bond acceptors (Lipinski definition) is 2. The standard InChI is InChI=1S/C10H16N2/c1-8-4-5-9(7-11-2)10(6-8)12-3/h4-6,11-12H,7H2,1-3H3. The van der Waals surface area contributed by atoms with Crippen molar-refractivity contribution < 1.29 is 0 Å². The van der Waals surface area contributed by atoms with Gasteiger partial charge < -0.3 is 10.6 Å². The van der Waals surface area contributed by atoms with E-state index in [1.807, 2.05) is 14.1 Å². The largest absolute Gasteiger partial charge is 0.388 e. The lowest BCUT2D eigenvalue weighted by atomic mass is 10.1. The average Bonchev–Trinajstić information content (AvgIpc) is 2.08. The molecule has 0 saturated carbocycles. The highest BCUT2D eigenvalue weighted by Gasteiger charge is 1.98.